The molecule has 1 aliphatic rings. The van der Waals surface area contributed by atoms with E-state index in [0.717, 1.165) is 26.1 Å². The van der Waals surface area contributed by atoms with Gasteiger partial charge in [0.2, 0.25) is 0 Å². The number of aromatic nitrogens is 1. The van der Waals surface area contributed by atoms with Gasteiger partial charge in [-0.2, -0.15) is 0 Å². The Hall–Kier alpha value is -1.34. The average Bonchev–Trinajstić information content (AvgIpc) is 2.78. The van der Waals surface area contributed by atoms with E-state index in [1.165, 1.54) is 11.3 Å². The first-order chi connectivity index (χ1) is 9.04. The van der Waals surface area contributed by atoms with Crippen molar-refractivity contribution in [2.75, 3.05) is 37.9 Å². The number of anilines is 2. The third kappa shape index (κ3) is 3.36. The largest absolute Gasteiger partial charge is 0.382 e. The van der Waals surface area contributed by atoms with E-state index in [1.807, 2.05) is 0 Å². The molecule has 0 spiro atoms. The molecule has 0 unspecified atom stereocenters. The number of carbonyl (C=O) groups is 1. The topological polar surface area (TPSA) is 89.3 Å². The average molecular weight is 284 g/mol. The van der Waals surface area contributed by atoms with Gasteiger partial charge in [0, 0.05) is 26.8 Å². The number of nitrogens with zero attached hydrogens (tertiary/aromatic N) is 1. The second kappa shape index (κ2) is 5.75. The number of thiazole rings is 1. The van der Waals surface area contributed by atoms with Gasteiger partial charge >= 0.3 is 0 Å². The molecule has 19 heavy (non-hydrogen) atoms. The quantitative estimate of drug-likeness (QED) is 0.776. The summed E-state index contributed by atoms with van der Waals surface area (Å²) in [6, 6.07) is 0. The zero-order valence-corrected chi connectivity index (χ0v) is 12.1. The molecule has 1 amide bonds. The number of nitrogen functional groups attached to an aromatic ring is 1. The second-order valence-corrected chi connectivity index (χ2v) is 6.09. The van der Waals surface area contributed by atoms with Gasteiger partial charge in [-0.3, -0.25) is 4.79 Å². The Bertz CT molecular complexity index is 455. The van der Waals surface area contributed by atoms with E-state index < -0.39 is 0 Å². The Morgan fingerprint density at radius 1 is 1.53 bits per heavy atom. The molecule has 0 bridgehead atoms. The van der Waals surface area contributed by atoms with Gasteiger partial charge in [-0.1, -0.05) is 18.3 Å². The van der Waals surface area contributed by atoms with Crippen molar-refractivity contribution in [3.05, 3.63) is 4.88 Å². The molecule has 6 nitrogen and oxygen atoms in total. The third-order valence-corrected chi connectivity index (χ3v) is 4.54. The molecule has 0 aromatic carbocycles. The molecule has 1 aromatic rings. The number of rotatable bonds is 4. The third-order valence-electron chi connectivity index (χ3n) is 3.45. The Labute approximate surface area is 116 Å². The van der Waals surface area contributed by atoms with E-state index in [9.17, 15) is 4.79 Å². The molecule has 106 valence electrons. The molecule has 2 rings (SSSR count). The molecular formula is C12H20N4O2S. The maximum atomic E-state index is 12.1. The SMILES string of the molecule is CNc1nc(N)c(C(=O)NCC2(C)CCOCC2)s1. The number of ether oxygens (including phenoxy) is 1. The van der Waals surface area contributed by atoms with Gasteiger partial charge in [-0.05, 0) is 18.3 Å². The minimum atomic E-state index is -0.149. The van der Waals surface area contributed by atoms with Gasteiger partial charge in [-0.15, -0.1) is 0 Å². The number of amides is 1. The Morgan fingerprint density at radius 3 is 2.79 bits per heavy atom. The van der Waals surface area contributed by atoms with Gasteiger partial charge < -0.3 is 21.1 Å². The van der Waals surface area contributed by atoms with Gasteiger partial charge in [-0.25, -0.2) is 4.98 Å². The minimum Gasteiger partial charge on any atom is -0.382 e. The van der Waals surface area contributed by atoms with Crippen molar-refractivity contribution in [2.24, 2.45) is 5.41 Å². The Balaban J connectivity index is 1.95. The molecule has 0 radical (unpaired) electrons. The number of hydrogen-bond donors (Lipinski definition) is 3. The molecule has 0 aliphatic carbocycles. The van der Waals surface area contributed by atoms with E-state index in [-0.39, 0.29) is 17.1 Å². The van der Waals surface area contributed by atoms with Crippen molar-refractivity contribution in [3.63, 3.8) is 0 Å². The first-order valence-electron chi connectivity index (χ1n) is 6.34. The molecule has 0 atom stereocenters. The van der Waals surface area contributed by atoms with Crippen LogP contribution < -0.4 is 16.4 Å². The van der Waals surface area contributed by atoms with Crippen LogP contribution in [0.2, 0.25) is 0 Å². The molecule has 2 heterocycles. The lowest BCUT2D eigenvalue weighted by Gasteiger charge is -2.33. The first kappa shape index (κ1) is 14.1. The van der Waals surface area contributed by atoms with Gasteiger partial charge in [0.05, 0.1) is 0 Å². The van der Waals surface area contributed by atoms with E-state index >= 15 is 0 Å². The van der Waals surface area contributed by atoms with Crippen LogP contribution in [-0.2, 0) is 4.74 Å². The molecule has 1 saturated heterocycles. The predicted molar refractivity (Wildman–Crippen MR) is 76.6 cm³/mol. The number of hydrogen-bond acceptors (Lipinski definition) is 6. The molecule has 1 fully saturated rings. The van der Waals surface area contributed by atoms with Crippen LogP contribution in [0.3, 0.4) is 0 Å². The monoisotopic (exact) mass is 284 g/mol. The lowest BCUT2D eigenvalue weighted by atomic mass is 9.82. The second-order valence-electron chi connectivity index (χ2n) is 5.09. The standard InChI is InChI=1S/C12H20N4O2S/c1-12(3-5-18-6-4-12)7-15-10(17)8-9(13)16-11(14-2)19-8/h3-7,13H2,1-2H3,(H,14,16)(H,15,17). The van der Waals surface area contributed by atoms with Crippen molar-refractivity contribution in [1.82, 2.24) is 10.3 Å². The smallest absolute Gasteiger partial charge is 0.265 e. The summed E-state index contributed by atoms with van der Waals surface area (Å²) in [4.78, 5) is 16.6. The molecule has 1 aromatic heterocycles. The zero-order valence-electron chi connectivity index (χ0n) is 11.3. The van der Waals surface area contributed by atoms with Crippen molar-refractivity contribution < 1.29 is 9.53 Å². The van der Waals surface area contributed by atoms with Crippen molar-refractivity contribution >= 4 is 28.2 Å². The summed E-state index contributed by atoms with van der Waals surface area (Å²) in [6.07, 6.45) is 1.93. The highest BCUT2D eigenvalue weighted by atomic mass is 32.1. The van der Waals surface area contributed by atoms with E-state index in [1.54, 1.807) is 7.05 Å². The summed E-state index contributed by atoms with van der Waals surface area (Å²) in [6.45, 7) is 4.34. The summed E-state index contributed by atoms with van der Waals surface area (Å²) >= 11 is 1.27. The first-order valence-corrected chi connectivity index (χ1v) is 7.16. The van der Waals surface area contributed by atoms with Gasteiger partial charge in [0.1, 0.15) is 10.7 Å². The van der Waals surface area contributed by atoms with Crippen molar-refractivity contribution in [1.29, 1.82) is 0 Å². The van der Waals surface area contributed by atoms with Crippen LogP contribution in [0.5, 0.6) is 0 Å². The van der Waals surface area contributed by atoms with E-state index in [4.69, 9.17) is 10.5 Å². The molecular weight excluding hydrogens is 264 g/mol. The van der Waals surface area contributed by atoms with E-state index in [0.29, 0.717) is 16.6 Å². The van der Waals surface area contributed by atoms with Crippen molar-refractivity contribution in [3.8, 4) is 0 Å². The zero-order chi connectivity index (χ0) is 13.9. The summed E-state index contributed by atoms with van der Waals surface area (Å²) in [5, 5.41) is 6.50. The fraction of sp³-hybridized carbons (Fsp3) is 0.667. The highest BCUT2D eigenvalue weighted by molar-refractivity contribution is 7.18. The Morgan fingerprint density at radius 2 is 2.21 bits per heavy atom. The van der Waals surface area contributed by atoms with Gasteiger partial charge in [0.25, 0.3) is 5.91 Å². The number of carbonyl (C=O) groups excluding carboxylic acids is 1. The summed E-state index contributed by atoms with van der Waals surface area (Å²) in [5.41, 5.74) is 5.85. The van der Waals surface area contributed by atoms with Crippen LogP contribution in [0.25, 0.3) is 0 Å². The van der Waals surface area contributed by atoms with Crippen LogP contribution in [0, 0.1) is 5.41 Å². The van der Waals surface area contributed by atoms with Crippen LogP contribution >= 0.6 is 11.3 Å². The fourth-order valence-electron chi connectivity index (χ4n) is 2.02. The lowest BCUT2D eigenvalue weighted by Crippen LogP contribution is -2.39. The highest BCUT2D eigenvalue weighted by Gasteiger charge is 2.28. The lowest BCUT2D eigenvalue weighted by molar-refractivity contribution is 0.0239. The van der Waals surface area contributed by atoms with E-state index in [2.05, 4.69) is 22.5 Å². The van der Waals surface area contributed by atoms with Crippen LogP contribution in [0.4, 0.5) is 10.9 Å². The predicted octanol–water partition coefficient (Wildman–Crippen LogP) is 1.31. The molecule has 1 aliphatic heterocycles. The normalized spacial score (nSPS) is 18.0. The molecule has 7 heteroatoms. The molecule has 0 saturated carbocycles. The number of nitrogens with two attached hydrogens (primary N) is 1. The maximum absolute atomic E-state index is 12.1. The summed E-state index contributed by atoms with van der Waals surface area (Å²) in [5.74, 6) is 0.133. The fourth-order valence-corrected chi connectivity index (χ4v) is 2.77. The van der Waals surface area contributed by atoms with Crippen LogP contribution in [0.15, 0.2) is 0 Å². The van der Waals surface area contributed by atoms with Crippen molar-refractivity contribution in [2.45, 2.75) is 19.8 Å². The van der Waals surface area contributed by atoms with Gasteiger partial charge in [0.15, 0.2) is 5.13 Å². The van der Waals surface area contributed by atoms with Crippen LogP contribution in [-0.4, -0.2) is 37.7 Å². The van der Waals surface area contributed by atoms with Crippen LogP contribution in [0.1, 0.15) is 29.4 Å². The number of nitrogens with one attached hydrogen (secondary N) is 2. The minimum absolute atomic E-state index is 0.110. The summed E-state index contributed by atoms with van der Waals surface area (Å²) in [7, 11) is 1.75. The Kier molecular flexibility index (Phi) is 4.26. The maximum Gasteiger partial charge on any atom is 0.265 e. The summed E-state index contributed by atoms with van der Waals surface area (Å²) < 4.78 is 5.34. The molecule has 4 N–H and O–H groups in total. The highest BCUT2D eigenvalue weighted by Crippen LogP contribution is 2.29.